The van der Waals surface area contributed by atoms with Gasteiger partial charge in [-0.25, -0.2) is 13.6 Å². The third-order valence-corrected chi connectivity index (χ3v) is 3.91. The van der Waals surface area contributed by atoms with Gasteiger partial charge in [0.15, 0.2) is 11.6 Å². The Bertz CT molecular complexity index is 724. The maximum absolute atomic E-state index is 13.7. The zero-order valence-electron chi connectivity index (χ0n) is 13.2. The molecule has 1 saturated heterocycles. The van der Waals surface area contributed by atoms with E-state index in [0.29, 0.717) is 13.1 Å². The van der Waals surface area contributed by atoms with Crippen LogP contribution in [0.4, 0.5) is 19.3 Å². The highest BCUT2D eigenvalue weighted by Crippen LogP contribution is 2.26. The van der Waals surface area contributed by atoms with E-state index in [2.05, 4.69) is 5.32 Å². The molecule has 1 heterocycles. The molecule has 1 aliphatic rings. The second-order valence-corrected chi connectivity index (χ2v) is 5.78. The molecule has 0 aromatic heterocycles. The van der Waals surface area contributed by atoms with Gasteiger partial charge in [-0.1, -0.05) is 36.4 Å². The number of urea groups is 1. The van der Waals surface area contributed by atoms with Gasteiger partial charge >= 0.3 is 6.03 Å². The third kappa shape index (κ3) is 3.54. The van der Waals surface area contributed by atoms with Crippen LogP contribution in [0.25, 0.3) is 0 Å². The van der Waals surface area contributed by atoms with E-state index in [4.69, 9.17) is 4.74 Å². The average Bonchev–Trinajstić information content (AvgIpc) is 2.59. The van der Waals surface area contributed by atoms with Crippen LogP contribution in [-0.4, -0.2) is 30.1 Å². The van der Waals surface area contributed by atoms with Gasteiger partial charge in [0.1, 0.15) is 6.10 Å². The largest absolute Gasteiger partial charge is 0.367 e. The summed E-state index contributed by atoms with van der Waals surface area (Å²) in [5.74, 6) is -2.06. The molecule has 1 fully saturated rings. The number of rotatable bonds is 2. The number of carbonyl (C=O) groups excluding carboxylic acids is 1. The molecule has 0 radical (unpaired) electrons. The molecule has 1 aliphatic heterocycles. The predicted octanol–water partition coefficient (Wildman–Crippen LogP) is 3.96. The van der Waals surface area contributed by atoms with Gasteiger partial charge in [0, 0.05) is 6.54 Å². The van der Waals surface area contributed by atoms with E-state index in [1.807, 2.05) is 37.3 Å². The summed E-state index contributed by atoms with van der Waals surface area (Å²) in [6.45, 7) is 2.60. The normalized spacial score (nSPS) is 20.7. The average molecular weight is 332 g/mol. The van der Waals surface area contributed by atoms with Gasteiger partial charge in [0.2, 0.25) is 0 Å². The first-order valence-corrected chi connectivity index (χ1v) is 7.75. The number of benzene rings is 2. The van der Waals surface area contributed by atoms with E-state index >= 15 is 0 Å². The first kappa shape index (κ1) is 16.4. The first-order chi connectivity index (χ1) is 11.5. The number of nitrogens with one attached hydrogen (secondary N) is 1. The minimum atomic E-state index is -1.06. The molecular formula is C18H18F2N2O2. The van der Waals surface area contributed by atoms with Crippen molar-refractivity contribution in [3.05, 3.63) is 65.7 Å². The van der Waals surface area contributed by atoms with Crippen LogP contribution in [0.5, 0.6) is 0 Å². The van der Waals surface area contributed by atoms with E-state index in [1.54, 1.807) is 4.90 Å². The van der Waals surface area contributed by atoms with Gasteiger partial charge in [-0.3, -0.25) is 0 Å². The highest BCUT2D eigenvalue weighted by molar-refractivity contribution is 5.89. The summed E-state index contributed by atoms with van der Waals surface area (Å²) in [7, 11) is 0. The second-order valence-electron chi connectivity index (χ2n) is 5.78. The Morgan fingerprint density at radius 3 is 2.62 bits per heavy atom. The molecule has 126 valence electrons. The minimum Gasteiger partial charge on any atom is -0.367 e. The lowest BCUT2D eigenvalue weighted by Crippen LogP contribution is -2.47. The van der Waals surface area contributed by atoms with Crippen LogP contribution in [0, 0.1) is 11.6 Å². The summed E-state index contributed by atoms with van der Waals surface area (Å²) >= 11 is 0. The van der Waals surface area contributed by atoms with E-state index in [-0.39, 0.29) is 17.9 Å². The van der Waals surface area contributed by atoms with Crippen LogP contribution in [0.2, 0.25) is 0 Å². The lowest BCUT2D eigenvalue weighted by molar-refractivity contribution is -0.0642. The Hall–Kier alpha value is -2.47. The van der Waals surface area contributed by atoms with Crippen molar-refractivity contribution in [3.8, 4) is 0 Å². The molecule has 6 heteroatoms. The van der Waals surface area contributed by atoms with Crippen LogP contribution < -0.4 is 5.32 Å². The molecule has 0 spiro atoms. The van der Waals surface area contributed by atoms with Crippen molar-refractivity contribution in [2.45, 2.75) is 19.1 Å². The molecule has 0 saturated carbocycles. The molecular weight excluding hydrogens is 314 g/mol. The molecule has 1 N–H and O–H groups in total. The molecule has 2 aromatic carbocycles. The van der Waals surface area contributed by atoms with Gasteiger partial charge < -0.3 is 15.0 Å². The molecule has 2 unspecified atom stereocenters. The molecule has 3 rings (SSSR count). The Balaban J connectivity index is 1.73. The number of amides is 2. The number of hydrogen-bond donors (Lipinski definition) is 1. The summed E-state index contributed by atoms with van der Waals surface area (Å²) in [5, 5.41) is 2.43. The molecule has 2 aromatic rings. The predicted molar refractivity (Wildman–Crippen MR) is 86.7 cm³/mol. The highest BCUT2D eigenvalue weighted by atomic mass is 19.2. The van der Waals surface area contributed by atoms with Crippen LogP contribution in [0.3, 0.4) is 0 Å². The lowest BCUT2D eigenvalue weighted by Gasteiger charge is -2.37. The fourth-order valence-electron chi connectivity index (χ4n) is 2.76. The van der Waals surface area contributed by atoms with Gasteiger partial charge in [0.25, 0.3) is 0 Å². The number of halogens is 2. The van der Waals surface area contributed by atoms with Gasteiger partial charge in [-0.15, -0.1) is 0 Å². The standard InChI is InChI=1S/C18H18F2N2O2/c1-12-10-22(11-16(24-12)13-6-3-2-4-7-13)18(23)21-15-9-5-8-14(19)17(15)20/h2-9,12,16H,10-11H2,1H3,(H,21,23). The number of hydrogen-bond acceptors (Lipinski definition) is 2. The maximum Gasteiger partial charge on any atom is 0.322 e. The number of nitrogens with zero attached hydrogens (tertiary/aromatic N) is 1. The van der Waals surface area contributed by atoms with Crippen LogP contribution in [0.1, 0.15) is 18.6 Å². The summed E-state index contributed by atoms with van der Waals surface area (Å²) < 4.78 is 32.9. The Labute approximate surface area is 139 Å². The van der Waals surface area contributed by atoms with Crippen molar-refractivity contribution in [1.29, 1.82) is 0 Å². The van der Waals surface area contributed by atoms with Crippen LogP contribution in [0.15, 0.2) is 48.5 Å². The van der Waals surface area contributed by atoms with Gasteiger partial charge in [-0.05, 0) is 24.6 Å². The second kappa shape index (κ2) is 6.97. The number of ether oxygens (including phenoxy) is 1. The number of anilines is 1. The molecule has 2 atom stereocenters. The quantitative estimate of drug-likeness (QED) is 0.904. The summed E-state index contributed by atoms with van der Waals surface area (Å²) in [6, 6.07) is 12.8. The van der Waals surface area contributed by atoms with E-state index in [0.717, 1.165) is 11.6 Å². The van der Waals surface area contributed by atoms with Crippen LogP contribution >= 0.6 is 0 Å². The summed E-state index contributed by atoms with van der Waals surface area (Å²) in [5.41, 5.74) is 0.800. The smallest absolute Gasteiger partial charge is 0.322 e. The van der Waals surface area contributed by atoms with Crippen LogP contribution in [-0.2, 0) is 4.74 Å². The highest BCUT2D eigenvalue weighted by Gasteiger charge is 2.29. The van der Waals surface area contributed by atoms with E-state index in [9.17, 15) is 13.6 Å². The number of morpholine rings is 1. The topological polar surface area (TPSA) is 41.6 Å². The van der Waals surface area contributed by atoms with Crippen molar-refractivity contribution in [2.75, 3.05) is 18.4 Å². The Morgan fingerprint density at radius 2 is 1.88 bits per heavy atom. The van der Waals surface area contributed by atoms with Crippen molar-refractivity contribution in [3.63, 3.8) is 0 Å². The van der Waals surface area contributed by atoms with Crippen molar-refractivity contribution in [2.24, 2.45) is 0 Å². The Morgan fingerprint density at radius 1 is 1.12 bits per heavy atom. The fraction of sp³-hybridized carbons (Fsp3) is 0.278. The molecule has 24 heavy (non-hydrogen) atoms. The molecule has 0 aliphatic carbocycles. The fourth-order valence-corrected chi connectivity index (χ4v) is 2.76. The van der Waals surface area contributed by atoms with E-state index < -0.39 is 17.7 Å². The van der Waals surface area contributed by atoms with Crippen molar-refractivity contribution < 1.29 is 18.3 Å². The summed E-state index contributed by atoms with van der Waals surface area (Å²) in [6.07, 6.45) is -0.412. The molecule has 4 nitrogen and oxygen atoms in total. The SMILES string of the molecule is CC1CN(C(=O)Nc2cccc(F)c2F)CC(c2ccccc2)O1. The first-order valence-electron chi connectivity index (χ1n) is 7.75. The summed E-state index contributed by atoms with van der Waals surface area (Å²) in [4.78, 5) is 14.0. The maximum atomic E-state index is 13.7. The number of carbonyl (C=O) groups is 1. The van der Waals surface area contributed by atoms with Gasteiger partial charge in [-0.2, -0.15) is 0 Å². The third-order valence-electron chi connectivity index (χ3n) is 3.91. The molecule has 0 bridgehead atoms. The zero-order chi connectivity index (χ0) is 17.1. The van der Waals surface area contributed by atoms with Crippen molar-refractivity contribution >= 4 is 11.7 Å². The molecule has 2 amide bonds. The van der Waals surface area contributed by atoms with Gasteiger partial charge in [0.05, 0.1) is 18.3 Å². The lowest BCUT2D eigenvalue weighted by atomic mass is 10.1. The Kier molecular flexibility index (Phi) is 4.76. The van der Waals surface area contributed by atoms with E-state index in [1.165, 1.54) is 12.1 Å². The zero-order valence-corrected chi connectivity index (χ0v) is 13.2. The van der Waals surface area contributed by atoms with Crippen molar-refractivity contribution in [1.82, 2.24) is 4.90 Å². The minimum absolute atomic E-state index is 0.160. The monoisotopic (exact) mass is 332 g/mol.